The van der Waals surface area contributed by atoms with E-state index in [0.717, 1.165) is 5.56 Å². The van der Waals surface area contributed by atoms with E-state index in [4.69, 9.17) is 23.2 Å². The second-order valence-corrected chi connectivity index (χ2v) is 9.93. The number of aliphatic hydroxyl groups is 2. The van der Waals surface area contributed by atoms with Gasteiger partial charge in [0.05, 0.1) is 30.7 Å². The van der Waals surface area contributed by atoms with Crippen LogP contribution in [0.3, 0.4) is 0 Å². The Labute approximate surface area is 225 Å². The third-order valence-electron chi connectivity index (χ3n) is 6.69. The number of hydrogen-bond acceptors (Lipinski definition) is 5. The number of carbonyl (C=O) groups is 2. The highest BCUT2D eigenvalue weighted by Gasteiger charge is 2.48. The minimum Gasteiger partial charge on any atom is -0.508 e. The molecular weight excluding hydrogens is 515 g/mol. The topological polar surface area (TPSA) is 110 Å². The molecule has 0 aliphatic carbocycles. The lowest BCUT2D eigenvalue weighted by Gasteiger charge is -2.46. The highest BCUT2D eigenvalue weighted by Crippen LogP contribution is 2.46. The minimum absolute atomic E-state index is 0.163. The van der Waals surface area contributed by atoms with Gasteiger partial charge in [-0.2, -0.15) is 0 Å². The predicted octanol–water partition coefficient (Wildman–Crippen LogP) is 4.08. The molecule has 4 N–H and O–H groups in total. The van der Waals surface area contributed by atoms with Crippen LogP contribution in [-0.4, -0.2) is 57.3 Å². The van der Waals surface area contributed by atoms with Gasteiger partial charge in [0.2, 0.25) is 5.91 Å². The molecule has 4 rings (SSSR count). The van der Waals surface area contributed by atoms with Gasteiger partial charge >= 0.3 is 0 Å². The van der Waals surface area contributed by atoms with E-state index >= 15 is 0 Å². The number of rotatable bonds is 8. The molecule has 194 valence electrons. The summed E-state index contributed by atoms with van der Waals surface area (Å²) in [7, 11) is 0. The summed E-state index contributed by atoms with van der Waals surface area (Å²) in [6, 6.07) is 16.5. The molecule has 7 nitrogen and oxygen atoms in total. The van der Waals surface area contributed by atoms with E-state index in [1.165, 1.54) is 17.9 Å². The van der Waals surface area contributed by atoms with Gasteiger partial charge < -0.3 is 25.5 Å². The standard InChI is InChI=1S/C28H28Cl2N2O5/c1-16(34)24(15-33)32-26(22-11-8-18(29)14-23(22)30)25(20-4-2-3-5-21(20)28(32)37)27(36)31-13-12-17-6-9-19(35)10-7-17/h2-11,14,16,24-26,33-35H,12-13,15H2,1H3,(H,31,36)/t16-,24-,25-,26+/m0/s1. The van der Waals surface area contributed by atoms with Gasteiger partial charge in [-0.15, -0.1) is 0 Å². The van der Waals surface area contributed by atoms with Gasteiger partial charge in [0, 0.05) is 22.2 Å². The summed E-state index contributed by atoms with van der Waals surface area (Å²) in [5.41, 5.74) is 2.27. The summed E-state index contributed by atoms with van der Waals surface area (Å²) in [5.74, 6) is -1.46. The smallest absolute Gasteiger partial charge is 0.255 e. The van der Waals surface area contributed by atoms with Gasteiger partial charge in [0.1, 0.15) is 5.75 Å². The number of halogens is 2. The number of aliphatic hydroxyl groups excluding tert-OH is 2. The van der Waals surface area contributed by atoms with Crippen LogP contribution in [-0.2, 0) is 11.2 Å². The van der Waals surface area contributed by atoms with Crippen molar-refractivity contribution < 1.29 is 24.9 Å². The van der Waals surface area contributed by atoms with Crippen LogP contribution in [0.5, 0.6) is 5.75 Å². The largest absolute Gasteiger partial charge is 0.508 e. The second kappa shape index (κ2) is 11.5. The number of aromatic hydroxyl groups is 1. The normalized spacial score (nSPS) is 18.7. The number of phenols is 1. The number of phenolic OH excluding ortho intramolecular Hbond substituents is 1. The summed E-state index contributed by atoms with van der Waals surface area (Å²) in [6.45, 7) is 1.29. The Bertz CT molecular complexity index is 1280. The maximum atomic E-state index is 13.8. The predicted molar refractivity (Wildman–Crippen MR) is 142 cm³/mol. The minimum atomic E-state index is -1.08. The lowest BCUT2D eigenvalue weighted by molar-refractivity contribution is -0.125. The molecule has 0 spiro atoms. The lowest BCUT2D eigenvalue weighted by atomic mass is 9.78. The number of amides is 2. The van der Waals surface area contributed by atoms with Crippen molar-refractivity contribution in [3.05, 3.63) is 99.0 Å². The summed E-state index contributed by atoms with van der Waals surface area (Å²) in [5, 5.41) is 33.8. The van der Waals surface area contributed by atoms with E-state index in [-0.39, 0.29) is 16.7 Å². The highest BCUT2D eigenvalue weighted by atomic mass is 35.5. The van der Waals surface area contributed by atoms with Crippen molar-refractivity contribution >= 4 is 35.0 Å². The summed E-state index contributed by atoms with van der Waals surface area (Å²) in [4.78, 5) is 28.9. The molecular formula is C28H28Cl2N2O5. The molecule has 3 aromatic rings. The van der Waals surface area contributed by atoms with Crippen molar-refractivity contribution in [2.24, 2.45) is 0 Å². The average molecular weight is 543 g/mol. The number of nitrogens with zero attached hydrogens (tertiary/aromatic N) is 1. The Morgan fingerprint density at radius 3 is 2.41 bits per heavy atom. The van der Waals surface area contributed by atoms with Crippen LogP contribution in [0, 0.1) is 0 Å². The van der Waals surface area contributed by atoms with E-state index in [1.54, 1.807) is 60.7 Å². The molecule has 0 aromatic heterocycles. The molecule has 0 radical (unpaired) electrons. The van der Waals surface area contributed by atoms with Gasteiger partial charge in [0.15, 0.2) is 0 Å². The SMILES string of the molecule is C[C@H](O)[C@H](CO)N1C(=O)c2ccccc2[C@H](C(=O)NCCc2ccc(O)cc2)[C@H]1c1ccc(Cl)cc1Cl. The Morgan fingerprint density at radius 1 is 1.05 bits per heavy atom. The van der Waals surface area contributed by atoms with E-state index in [0.29, 0.717) is 34.7 Å². The number of carbonyl (C=O) groups excluding carboxylic acids is 2. The molecule has 0 fully saturated rings. The Morgan fingerprint density at radius 2 is 1.76 bits per heavy atom. The zero-order valence-corrected chi connectivity index (χ0v) is 21.7. The number of hydrogen-bond donors (Lipinski definition) is 4. The van der Waals surface area contributed by atoms with Crippen molar-refractivity contribution in [2.45, 2.75) is 37.5 Å². The summed E-state index contributed by atoms with van der Waals surface area (Å²) < 4.78 is 0. The fourth-order valence-corrected chi connectivity index (χ4v) is 5.37. The van der Waals surface area contributed by atoms with Crippen LogP contribution in [0.1, 0.15) is 45.9 Å². The van der Waals surface area contributed by atoms with Crippen LogP contribution in [0.4, 0.5) is 0 Å². The Balaban J connectivity index is 1.78. The molecule has 0 saturated carbocycles. The molecule has 1 aliphatic rings. The quantitative estimate of drug-likeness (QED) is 0.343. The molecule has 0 bridgehead atoms. The first-order valence-corrected chi connectivity index (χ1v) is 12.7. The third-order valence-corrected chi connectivity index (χ3v) is 7.25. The summed E-state index contributed by atoms with van der Waals surface area (Å²) >= 11 is 12.7. The molecule has 0 saturated heterocycles. The van der Waals surface area contributed by atoms with Crippen LogP contribution >= 0.6 is 23.2 Å². The van der Waals surface area contributed by atoms with Crippen molar-refractivity contribution in [1.82, 2.24) is 10.2 Å². The molecule has 0 unspecified atom stereocenters. The first-order valence-electron chi connectivity index (χ1n) is 11.9. The molecule has 1 heterocycles. The molecule has 3 aromatic carbocycles. The van der Waals surface area contributed by atoms with Gasteiger partial charge in [0.25, 0.3) is 5.91 Å². The summed E-state index contributed by atoms with van der Waals surface area (Å²) in [6.07, 6.45) is -0.548. The van der Waals surface area contributed by atoms with E-state index < -0.39 is 36.6 Å². The van der Waals surface area contributed by atoms with Crippen molar-refractivity contribution in [1.29, 1.82) is 0 Å². The van der Waals surface area contributed by atoms with Crippen LogP contribution in [0.25, 0.3) is 0 Å². The number of fused-ring (bicyclic) bond motifs is 1. The number of nitrogens with one attached hydrogen (secondary N) is 1. The first-order chi connectivity index (χ1) is 17.7. The zero-order valence-electron chi connectivity index (χ0n) is 20.1. The fourth-order valence-electron chi connectivity index (χ4n) is 4.85. The molecule has 1 aliphatic heterocycles. The first kappa shape index (κ1) is 26.9. The van der Waals surface area contributed by atoms with Crippen LogP contribution in [0.2, 0.25) is 10.0 Å². The van der Waals surface area contributed by atoms with Crippen LogP contribution < -0.4 is 5.32 Å². The van der Waals surface area contributed by atoms with Crippen molar-refractivity contribution in [3.63, 3.8) is 0 Å². The highest BCUT2D eigenvalue weighted by molar-refractivity contribution is 6.35. The Hall–Kier alpha value is -3.10. The monoisotopic (exact) mass is 542 g/mol. The molecule has 4 atom stereocenters. The third kappa shape index (κ3) is 5.60. The van der Waals surface area contributed by atoms with Gasteiger partial charge in [-0.1, -0.05) is 59.6 Å². The van der Waals surface area contributed by atoms with E-state index in [9.17, 15) is 24.9 Å². The maximum Gasteiger partial charge on any atom is 0.255 e. The lowest BCUT2D eigenvalue weighted by Crippen LogP contribution is -2.55. The zero-order chi connectivity index (χ0) is 26.7. The van der Waals surface area contributed by atoms with Gasteiger partial charge in [-0.25, -0.2) is 0 Å². The fraction of sp³-hybridized carbons (Fsp3) is 0.286. The van der Waals surface area contributed by atoms with Crippen LogP contribution in [0.15, 0.2) is 66.7 Å². The van der Waals surface area contributed by atoms with E-state index in [1.807, 2.05) is 0 Å². The molecule has 2 amide bonds. The van der Waals surface area contributed by atoms with E-state index in [2.05, 4.69) is 5.32 Å². The van der Waals surface area contributed by atoms with Gasteiger partial charge in [-0.3, -0.25) is 9.59 Å². The molecule has 9 heteroatoms. The van der Waals surface area contributed by atoms with Crippen molar-refractivity contribution in [3.8, 4) is 5.75 Å². The number of benzene rings is 3. The second-order valence-electron chi connectivity index (χ2n) is 9.09. The van der Waals surface area contributed by atoms with Crippen molar-refractivity contribution in [2.75, 3.05) is 13.2 Å². The molecule has 37 heavy (non-hydrogen) atoms. The average Bonchev–Trinajstić information content (AvgIpc) is 2.87. The van der Waals surface area contributed by atoms with Gasteiger partial charge in [-0.05, 0) is 60.4 Å². The maximum absolute atomic E-state index is 13.8. The Kier molecular flexibility index (Phi) is 8.39.